The lowest BCUT2D eigenvalue weighted by molar-refractivity contribution is 0.0760. The van der Waals surface area contributed by atoms with Crippen LogP contribution in [0.15, 0.2) is 18.5 Å². The van der Waals surface area contributed by atoms with Crippen LogP contribution in [0, 0.1) is 6.92 Å². The number of rotatable bonds is 3. The van der Waals surface area contributed by atoms with Crippen molar-refractivity contribution in [3.05, 3.63) is 29.7 Å². The Balaban J connectivity index is 1.60. The van der Waals surface area contributed by atoms with Crippen molar-refractivity contribution in [2.24, 2.45) is 7.05 Å². The maximum Gasteiger partial charge on any atom is 0.259 e. The second-order valence-electron chi connectivity index (χ2n) is 6.77. The highest BCUT2D eigenvalue weighted by atomic mass is 16.2. The summed E-state index contributed by atoms with van der Waals surface area (Å²) in [6.07, 6.45) is 7.25. The molecule has 7 nitrogen and oxygen atoms in total. The first-order valence-electron chi connectivity index (χ1n) is 8.72. The first kappa shape index (κ1) is 15.4. The van der Waals surface area contributed by atoms with Gasteiger partial charge >= 0.3 is 0 Å². The number of hydrogen-bond acceptors (Lipinski definition) is 4. The smallest absolute Gasteiger partial charge is 0.259 e. The van der Waals surface area contributed by atoms with Crippen molar-refractivity contribution in [2.45, 2.75) is 32.2 Å². The second-order valence-corrected chi connectivity index (χ2v) is 6.77. The van der Waals surface area contributed by atoms with Gasteiger partial charge in [0.1, 0.15) is 5.56 Å². The van der Waals surface area contributed by atoms with E-state index in [4.69, 9.17) is 0 Å². The zero-order valence-electron chi connectivity index (χ0n) is 14.4. The van der Waals surface area contributed by atoms with Gasteiger partial charge in [-0.1, -0.05) is 0 Å². The number of nitrogens with zero attached hydrogens (tertiary/aromatic N) is 6. The molecule has 24 heavy (non-hydrogen) atoms. The molecular formula is C17H24N6O. The number of carbonyl (C=O) groups is 1. The lowest BCUT2D eigenvalue weighted by atomic mass is 10.2. The van der Waals surface area contributed by atoms with E-state index in [0.29, 0.717) is 5.56 Å². The molecule has 1 saturated carbocycles. The summed E-state index contributed by atoms with van der Waals surface area (Å²) in [7, 11) is 1.86. The zero-order valence-corrected chi connectivity index (χ0v) is 14.4. The highest BCUT2D eigenvalue weighted by Crippen LogP contribution is 2.28. The molecule has 2 aromatic rings. The van der Waals surface area contributed by atoms with Crippen molar-refractivity contribution in [1.29, 1.82) is 0 Å². The van der Waals surface area contributed by atoms with E-state index in [-0.39, 0.29) is 5.91 Å². The minimum absolute atomic E-state index is 0.0729. The minimum atomic E-state index is 0.0729. The van der Waals surface area contributed by atoms with E-state index in [1.807, 2.05) is 31.1 Å². The molecule has 1 aliphatic heterocycles. The summed E-state index contributed by atoms with van der Waals surface area (Å²) in [4.78, 5) is 17.7. The molecule has 1 saturated heterocycles. The highest BCUT2D eigenvalue weighted by Gasteiger charge is 2.32. The van der Waals surface area contributed by atoms with Crippen LogP contribution in [-0.2, 0) is 7.05 Å². The Morgan fingerprint density at radius 1 is 1.21 bits per heavy atom. The summed E-state index contributed by atoms with van der Waals surface area (Å²) in [6.45, 7) is 5.59. The summed E-state index contributed by atoms with van der Waals surface area (Å²) in [5.74, 6) is 0.814. The van der Waals surface area contributed by atoms with E-state index in [1.54, 1.807) is 15.6 Å². The van der Waals surface area contributed by atoms with Crippen molar-refractivity contribution in [1.82, 2.24) is 29.4 Å². The molecule has 128 valence electrons. The predicted molar refractivity (Wildman–Crippen MR) is 90.2 cm³/mol. The van der Waals surface area contributed by atoms with Crippen LogP contribution in [0.3, 0.4) is 0 Å². The van der Waals surface area contributed by atoms with Crippen LogP contribution in [0.25, 0.3) is 5.82 Å². The molecule has 2 aliphatic rings. The monoisotopic (exact) mass is 328 g/mol. The predicted octanol–water partition coefficient (Wildman–Crippen LogP) is 1.22. The molecule has 0 atom stereocenters. The van der Waals surface area contributed by atoms with E-state index >= 15 is 0 Å². The third-order valence-corrected chi connectivity index (χ3v) is 5.01. The molecule has 0 aromatic carbocycles. The largest absolute Gasteiger partial charge is 0.337 e. The number of aromatic nitrogens is 4. The molecule has 0 bridgehead atoms. The average molecular weight is 328 g/mol. The molecule has 1 aliphatic carbocycles. The normalized spacial score (nSPS) is 19.5. The number of aryl methyl sites for hydroxylation is 2. The van der Waals surface area contributed by atoms with Crippen LogP contribution in [-0.4, -0.2) is 67.5 Å². The standard InChI is InChI=1S/C17H24N6O/c1-13-15(16(20(2)19-13)23-10-3-7-18-23)17(24)22-9-4-8-21(11-12-22)14-5-6-14/h3,7,10,14H,4-6,8-9,11-12H2,1-2H3. The Kier molecular flexibility index (Phi) is 3.88. The number of amides is 1. The topological polar surface area (TPSA) is 59.2 Å². The van der Waals surface area contributed by atoms with Gasteiger partial charge in [0, 0.05) is 51.7 Å². The van der Waals surface area contributed by atoms with Crippen LogP contribution < -0.4 is 0 Å². The van der Waals surface area contributed by atoms with Gasteiger partial charge in [0.05, 0.1) is 5.69 Å². The summed E-state index contributed by atoms with van der Waals surface area (Å²) in [5, 5.41) is 8.75. The first-order chi connectivity index (χ1) is 11.6. The van der Waals surface area contributed by atoms with Crippen molar-refractivity contribution in [3.63, 3.8) is 0 Å². The Morgan fingerprint density at radius 2 is 2.04 bits per heavy atom. The molecule has 0 unspecified atom stereocenters. The summed E-state index contributed by atoms with van der Waals surface area (Å²) < 4.78 is 3.46. The lowest BCUT2D eigenvalue weighted by Crippen LogP contribution is -2.36. The van der Waals surface area contributed by atoms with Gasteiger partial charge in [-0.3, -0.25) is 9.69 Å². The maximum atomic E-state index is 13.2. The van der Waals surface area contributed by atoms with Gasteiger partial charge in [0.25, 0.3) is 5.91 Å². The lowest BCUT2D eigenvalue weighted by Gasteiger charge is -2.22. The van der Waals surface area contributed by atoms with Gasteiger partial charge in [-0.25, -0.2) is 9.36 Å². The van der Waals surface area contributed by atoms with E-state index in [0.717, 1.165) is 50.2 Å². The van der Waals surface area contributed by atoms with Crippen molar-refractivity contribution < 1.29 is 4.79 Å². The molecule has 4 rings (SSSR count). The van der Waals surface area contributed by atoms with Gasteiger partial charge in [0.15, 0.2) is 5.82 Å². The van der Waals surface area contributed by atoms with Gasteiger partial charge in [-0.2, -0.15) is 10.2 Å². The van der Waals surface area contributed by atoms with E-state index in [9.17, 15) is 4.79 Å². The molecule has 2 fully saturated rings. The highest BCUT2D eigenvalue weighted by molar-refractivity contribution is 5.98. The van der Waals surface area contributed by atoms with Gasteiger partial charge in [-0.15, -0.1) is 0 Å². The Labute approximate surface area is 141 Å². The molecule has 0 radical (unpaired) electrons. The second kappa shape index (κ2) is 6.05. The minimum Gasteiger partial charge on any atom is -0.337 e. The molecule has 0 N–H and O–H groups in total. The third kappa shape index (κ3) is 2.73. The van der Waals surface area contributed by atoms with Gasteiger partial charge in [-0.05, 0) is 32.3 Å². The molecule has 3 heterocycles. The Hall–Kier alpha value is -2.15. The van der Waals surface area contributed by atoms with Gasteiger partial charge in [0.2, 0.25) is 0 Å². The van der Waals surface area contributed by atoms with Crippen molar-refractivity contribution in [3.8, 4) is 5.82 Å². The van der Waals surface area contributed by atoms with Crippen LogP contribution in [0.4, 0.5) is 0 Å². The third-order valence-electron chi connectivity index (χ3n) is 5.01. The molecule has 0 spiro atoms. The number of hydrogen-bond donors (Lipinski definition) is 0. The van der Waals surface area contributed by atoms with Gasteiger partial charge < -0.3 is 4.90 Å². The van der Waals surface area contributed by atoms with Crippen molar-refractivity contribution >= 4 is 5.91 Å². The Bertz CT molecular complexity index is 731. The van der Waals surface area contributed by atoms with Crippen LogP contribution in [0.1, 0.15) is 35.3 Å². The van der Waals surface area contributed by atoms with E-state index < -0.39 is 0 Å². The first-order valence-corrected chi connectivity index (χ1v) is 8.72. The quantitative estimate of drug-likeness (QED) is 0.850. The molecule has 1 amide bonds. The van der Waals surface area contributed by atoms with Crippen LogP contribution >= 0.6 is 0 Å². The van der Waals surface area contributed by atoms with Crippen LogP contribution in [0.5, 0.6) is 0 Å². The zero-order chi connectivity index (χ0) is 16.7. The molecular weight excluding hydrogens is 304 g/mol. The summed E-state index contributed by atoms with van der Waals surface area (Å²) in [6, 6.07) is 2.62. The fourth-order valence-electron chi connectivity index (χ4n) is 3.66. The average Bonchev–Trinajstić information content (AvgIpc) is 3.24. The van der Waals surface area contributed by atoms with Crippen molar-refractivity contribution in [2.75, 3.05) is 26.2 Å². The van der Waals surface area contributed by atoms with E-state index in [1.165, 1.54) is 12.8 Å². The Morgan fingerprint density at radius 3 is 2.75 bits per heavy atom. The number of carbonyl (C=O) groups excluding carboxylic acids is 1. The summed E-state index contributed by atoms with van der Waals surface area (Å²) in [5.41, 5.74) is 1.43. The van der Waals surface area contributed by atoms with E-state index in [2.05, 4.69) is 15.1 Å². The van der Waals surface area contributed by atoms with Crippen LogP contribution in [0.2, 0.25) is 0 Å². The SMILES string of the molecule is Cc1nn(C)c(-n2cccn2)c1C(=O)N1CCCN(C2CC2)CC1. The maximum absolute atomic E-state index is 13.2. The fraction of sp³-hybridized carbons (Fsp3) is 0.588. The fourth-order valence-corrected chi connectivity index (χ4v) is 3.66. The molecule has 2 aromatic heterocycles. The molecule has 7 heteroatoms. The summed E-state index contributed by atoms with van der Waals surface area (Å²) >= 11 is 0.